The van der Waals surface area contributed by atoms with Gasteiger partial charge >= 0.3 is 24.2 Å². The number of halogens is 4. The van der Waals surface area contributed by atoms with E-state index < -0.39 is 30.1 Å². The number of aliphatic carboxylic acids is 1. The first-order valence-electron chi connectivity index (χ1n) is 6.06. The maximum atomic E-state index is 13.2. The van der Waals surface area contributed by atoms with Gasteiger partial charge in [-0.25, -0.2) is 8.78 Å². The highest BCUT2D eigenvalue weighted by atomic mass is 19.3. The van der Waals surface area contributed by atoms with E-state index in [4.69, 9.17) is 5.11 Å². The molecule has 4 nitrogen and oxygen atoms in total. The smallest absolute Gasteiger partial charge is 0.384 e. The topological polar surface area (TPSA) is 57.6 Å². The number of anilines is 1. The average Bonchev–Trinajstić information content (AvgIpc) is 2.44. The Morgan fingerprint density at radius 2 is 1.90 bits per heavy atom. The van der Waals surface area contributed by atoms with Gasteiger partial charge in [0.25, 0.3) is 0 Å². The van der Waals surface area contributed by atoms with Gasteiger partial charge in [0.2, 0.25) is 0 Å². The molecule has 0 fully saturated rings. The second kappa shape index (κ2) is 5.34. The molecule has 1 aliphatic rings. The van der Waals surface area contributed by atoms with Crippen molar-refractivity contribution in [1.82, 2.24) is 0 Å². The fraction of sp³-hybridized carbons (Fsp3) is 0.385. The van der Waals surface area contributed by atoms with E-state index in [-0.39, 0.29) is 24.2 Å². The van der Waals surface area contributed by atoms with Crippen LogP contribution >= 0.6 is 0 Å². The molecule has 0 saturated heterocycles. The van der Waals surface area contributed by atoms with E-state index in [2.05, 4.69) is 0 Å². The average molecular weight is 305 g/mol. The second-order valence-electron chi connectivity index (χ2n) is 4.62. The number of hydrogen-bond donors (Lipinski definition) is 1. The van der Waals surface area contributed by atoms with Crippen LogP contribution in [0.2, 0.25) is 0 Å². The fourth-order valence-electron chi connectivity index (χ4n) is 2.30. The SMILES string of the molecule is O=C(O)C1CCN(C(=O)C(F)(F)C(F)F)c2ccccc21. The summed E-state index contributed by atoms with van der Waals surface area (Å²) in [6, 6.07) is 5.57. The molecule has 1 amide bonds. The molecule has 1 atom stereocenters. The molecule has 21 heavy (non-hydrogen) atoms. The number of alkyl halides is 4. The molecule has 8 heteroatoms. The van der Waals surface area contributed by atoms with Gasteiger partial charge in [-0.3, -0.25) is 9.59 Å². The van der Waals surface area contributed by atoms with Gasteiger partial charge in [-0.15, -0.1) is 0 Å². The Morgan fingerprint density at radius 1 is 1.29 bits per heavy atom. The van der Waals surface area contributed by atoms with Crippen molar-refractivity contribution >= 4 is 17.6 Å². The Bertz CT molecular complexity index is 576. The quantitative estimate of drug-likeness (QED) is 0.873. The molecule has 1 aromatic rings. The van der Waals surface area contributed by atoms with Crippen molar-refractivity contribution in [1.29, 1.82) is 0 Å². The fourth-order valence-corrected chi connectivity index (χ4v) is 2.30. The first-order chi connectivity index (χ1) is 9.76. The molecule has 0 aromatic heterocycles. The predicted octanol–water partition coefficient (Wildman–Crippen LogP) is 2.49. The van der Waals surface area contributed by atoms with Crippen molar-refractivity contribution < 1.29 is 32.3 Å². The van der Waals surface area contributed by atoms with Gasteiger partial charge in [-0.05, 0) is 18.1 Å². The first-order valence-corrected chi connectivity index (χ1v) is 6.06. The molecule has 2 rings (SSSR count). The first kappa shape index (κ1) is 15.3. The van der Waals surface area contributed by atoms with Crippen molar-refractivity contribution in [2.45, 2.75) is 24.7 Å². The van der Waals surface area contributed by atoms with Crippen molar-refractivity contribution in [2.75, 3.05) is 11.4 Å². The van der Waals surface area contributed by atoms with Crippen LogP contribution in [0.1, 0.15) is 17.9 Å². The van der Waals surface area contributed by atoms with E-state index in [1.54, 1.807) is 0 Å². The van der Waals surface area contributed by atoms with E-state index in [1.165, 1.54) is 24.3 Å². The van der Waals surface area contributed by atoms with Gasteiger partial charge in [0, 0.05) is 12.2 Å². The molecular formula is C13H11F4NO3. The van der Waals surface area contributed by atoms with Crippen LogP contribution < -0.4 is 4.90 Å². The molecule has 1 unspecified atom stereocenters. The number of nitrogens with zero attached hydrogens (tertiary/aromatic N) is 1. The molecule has 1 heterocycles. The maximum Gasteiger partial charge on any atom is 0.384 e. The van der Waals surface area contributed by atoms with Gasteiger partial charge in [-0.2, -0.15) is 8.78 Å². The lowest BCUT2D eigenvalue weighted by Crippen LogP contribution is -2.50. The Kier molecular flexibility index (Phi) is 3.89. The van der Waals surface area contributed by atoms with Crippen LogP contribution in [0.15, 0.2) is 24.3 Å². The lowest BCUT2D eigenvalue weighted by atomic mass is 9.89. The Hall–Kier alpha value is -2.12. The van der Waals surface area contributed by atoms with Crippen molar-refractivity contribution in [3.63, 3.8) is 0 Å². The number of benzene rings is 1. The molecule has 0 saturated carbocycles. The highest BCUT2D eigenvalue weighted by molar-refractivity contribution is 6.00. The highest BCUT2D eigenvalue weighted by Gasteiger charge is 2.52. The summed E-state index contributed by atoms with van der Waals surface area (Å²) in [5.41, 5.74) is 0.0936. The Balaban J connectivity index is 2.42. The van der Waals surface area contributed by atoms with Gasteiger partial charge < -0.3 is 10.0 Å². The number of carbonyl (C=O) groups excluding carboxylic acids is 1. The number of para-hydroxylation sites is 1. The number of carboxylic acid groups (broad SMARTS) is 1. The summed E-state index contributed by atoms with van der Waals surface area (Å²) in [5, 5.41) is 9.09. The van der Waals surface area contributed by atoms with E-state index in [0.717, 1.165) is 0 Å². The van der Waals surface area contributed by atoms with Crippen molar-refractivity contribution in [2.24, 2.45) is 0 Å². The van der Waals surface area contributed by atoms with E-state index >= 15 is 0 Å². The standard InChI is InChI=1S/C13H11F4NO3/c14-11(15)13(16,17)12(21)18-6-5-8(10(19)20)7-3-1-2-4-9(7)18/h1-4,8,11H,5-6H2,(H,19,20). The maximum absolute atomic E-state index is 13.2. The van der Waals surface area contributed by atoms with Crippen LogP contribution in [-0.2, 0) is 9.59 Å². The summed E-state index contributed by atoms with van der Waals surface area (Å²) in [7, 11) is 0. The Labute approximate surface area is 117 Å². The van der Waals surface area contributed by atoms with E-state index in [9.17, 15) is 27.2 Å². The summed E-state index contributed by atoms with van der Waals surface area (Å²) < 4.78 is 51.0. The van der Waals surface area contributed by atoms with Crippen LogP contribution in [0.4, 0.5) is 23.2 Å². The molecule has 1 N–H and O–H groups in total. The Morgan fingerprint density at radius 3 is 2.48 bits per heavy atom. The molecule has 0 aliphatic carbocycles. The van der Waals surface area contributed by atoms with Gasteiger partial charge in [0.15, 0.2) is 0 Å². The summed E-state index contributed by atoms with van der Waals surface area (Å²) in [6.45, 7) is -0.352. The molecular weight excluding hydrogens is 294 g/mol. The third-order valence-electron chi connectivity index (χ3n) is 3.35. The van der Waals surface area contributed by atoms with Crippen LogP contribution in [0, 0.1) is 0 Å². The van der Waals surface area contributed by atoms with Crippen LogP contribution in [0.25, 0.3) is 0 Å². The molecule has 114 valence electrons. The minimum absolute atomic E-state index is 0.0681. The molecule has 1 aliphatic heterocycles. The molecule has 0 bridgehead atoms. The largest absolute Gasteiger partial charge is 0.481 e. The number of amides is 1. The molecule has 1 aromatic carbocycles. The van der Waals surface area contributed by atoms with Crippen molar-refractivity contribution in [3.05, 3.63) is 29.8 Å². The molecule has 0 radical (unpaired) electrons. The highest BCUT2D eigenvalue weighted by Crippen LogP contribution is 2.38. The lowest BCUT2D eigenvalue weighted by molar-refractivity contribution is -0.166. The summed E-state index contributed by atoms with van der Waals surface area (Å²) in [6.07, 6.45) is -4.23. The zero-order valence-electron chi connectivity index (χ0n) is 10.6. The summed E-state index contributed by atoms with van der Waals surface area (Å²) in [4.78, 5) is 23.3. The number of rotatable bonds is 3. The zero-order valence-corrected chi connectivity index (χ0v) is 10.6. The normalized spacial score (nSPS) is 18.5. The van der Waals surface area contributed by atoms with Crippen LogP contribution in [-0.4, -0.2) is 35.9 Å². The number of fused-ring (bicyclic) bond motifs is 1. The minimum Gasteiger partial charge on any atom is -0.481 e. The van der Waals surface area contributed by atoms with Crippen molar-refractivity contribution in [3.8, 4) is 0 Å². The van der Waals surface area contributed by atoms with E-state index in [0.29, 0.717) is 4.90 Å². The van der Waals surface area contributed by atoms with Gasteiger partial charge in [0.05, 0.1) is 5.92 Å². The van der Waals surface area contributed by atoms with E-state index in [1.807, 2.05) is 0 Å². The van der Waals surface area contributed by atoms with Crippen LogP contribution in [0.3, 0.4) is 0 Å². The second-order valence-corrected chi connectivity index (χ2v) is 4.62. The lowest BCUT2D eigenvalue weighted by Gasteiger charge is -2.34. The number of hydrogen-bond acceptors (Lipinski definition) is 2. The van der Waals surface area contributed by atoms with Gasteiger partial charge in [0.1, 0.15) is 0 Å². The molecule has 0 spiro atoms. The number of carbonyl (C=O) groups is 2. The zero-order chi connectivity index (χ0) is 15.8. The monoisotopic (exact) mass is 305 g/mol. The number of carboxylic acids is 1. The third-order valence-corrected chi connectivity index (χ3v) is 3.35. The van der Waals surface area contributed by atoms with Gasteiger partial charge in [-0.1, -0.05) is 18.2 Å². The predicted molar refractivity (Wildman–Crippen MR) is 64.7 cm³/mol. The summed E-state index contributed by atoms with van der Waals surface area (Å²) in [5.74, 6) is -8.93. The third kappa shape index (κ3) is 2.57. The minimum atomic E-state index is -4.80. The summed E-state index contributed by atoms with van der Waals surface area (Å²) >= 11 is 0. The van der Waals surface area contributed by atoms with Crippen LogP contribution in [0.5, 0.6) is 0 Å².